The van der Waals surface area contributed by atoms with Crippen molar-refractivity contribution in [1.29, 1.82) is 0 Å². The Morgan fingerprint density at radius 3 is 2.87 bits per heavy atom. The third-order valence-corrected chi connectivity index (χ3v) is 4.28. The smallest absolute Gasteiger partial charge is 0.312 e. The highest BCUT2D eigenvalue weighted by Gasteiger charge is 2.20. The van der Waals surface area contributed by atoms with E-state index < -0.39 is 6.03 Å². The van der Waals surface area contributed by atoms with Crippen molar-refractivity contribution in [3.8, 4) is 5.69 Å². The molecule has 0 saturated carbocycles. The van der Waals surface area contributed by atoms with Crippen molar-refractivity contribution in [2.75, 3.05) is 19.6 Å². The molecule has 1 atom stereocenters. The number of hydrogen-bond acceptors (Lipinski definition) is 3. The molecular formula is C17H23N5O. The number of amides is 2. The monoisotopic (exact) mass is 313 g/mol. The number of nitrogens with zero attached hydrogens (tertiary/aromatic N) is 3. The molecule has 1 aromatic carbocycles. The Morgan fingerprint density at radius 2 is 2.17 bits per heavy atom. The van der Waals surface area contributed by atoms with Crippen molar-refractivity contribution in [1.82, 2.24) is 20.0 Å². The number of rotatable bonds is 5. The Morgan fingerprint density at radius 1 is 1.35 bits per heavy atom. The maximum absolute atomic E-state index is 10.8. The summed E-state index contributed by atoms with van der Waals surface area (Å²) in [7, 11) is 0. The van der Waals surface area contributed by atoms with Crippen molar-refractivity contribution in [3.05, 3.63) is 48.3 Å². The van der Waals surface area contributed by atoms with Crippen LogP contribution in [0, 0.1) is 5.92 Å². The summed E-state index contributed by atoms with van der Waals surface area (Å²) >= 11 is 0. The zero-order chi connectivity index (χ0) is 16.1. The highest BCUT2D eigenvalue weighted by atomic mass is 16.2. The summed E-state index contributed by atoms with van der Waals surface area (Å²) < 4.78 is 1.86. The number of carbonyl (C=O) groups is 1. The first-order valence-corrected chi connectivity index (χ1v) is 8.05. The highest BCUT2D eigenvalue weighted by Crippen LogP contribution is 2.18. The summed E-state index contributed by atoms with van der Waals surface area (Å²) in [5.41, 5.74) is 7.52. The molecule has 0 bridgehead atoms. The number of carbonyl (C=O) groups excluding carboxylic acids is 1. The first-order chi connectivity index (χ1) is 11.2. The van der Waals surface area contributed by atoms with E-state index in [1.807, 2.05) is 16.9 Å². The molecule has 6 nitrogen and oxygen atoms in total. The van der Waals surface area contributed by atoms with Crippen LogP contribution < -0.4 is 11.1 Å². The lowest BCUT2D eigenvalue weighted by atomic mass is 9.97. The number of primary amides is 1. The third kappa shape index (κ3) is 4.32. The van der Waals surface area contributed by atoms with Gasteiger partial charge in [-0.1, -0.05) is 12.1 Å². The average molecular weight is 313 g/mol. The first kappa shape index (κ1) is 15.6. The average Bonchev–Trinajstić information content (AvgIpc) is 3.08. The van der Waals surface area contributed by atoms with E-state index in [1.165, 1.54) is 5.56 Å². The van der Waals surface area contributed by atoms with Gasteiger partial charge in [-0.05, 0) is 49.1 Å². The topological polar surface area (TPSA) is 76.2 Å². The van der Waals surface area contributed by atoms with E-state index in [9.17, 15) is 4.79 Å². The molecule has 3 rings (SSSR count). The Kier molecular flexibility index (Phi) is 4.92. The molecule has 23 heavy (non-hydrogen) atoms. The fourth-order valence-corrected chi connectivity index (χ4v) is 3.14. The molecule has 0 spiro atoms. The predicted octanol–water partition coefficient (Wildman–Crippen LogP) is 1.75. The molecule has 2 amide bonds. The molecule has 1 aliphatic heterocycles. The van der Waals surface area contributed by atoms with Crippen molar-refractivity contribution in [2.45, 2.75) is 19.4 Å². The Hall–Kier alpha value is -2.34. The molecule has 0 unspecified atom stereocenters. The van der Waals surface area contributed by atoms with Crippen molar-refractivity contribution >= 4 is 6.03 Å². The molecule has 3 N–H and O–H groups in total. The summed E-state index contributed by atoms with van der Waals surface area (Å²) in [4.78, 5) is 13.3. The van der Waals surface area contributed by atoms with Crippen LogP contribution in [0.3, 0.4) is 0 Å². The van der Waals surface area contributed by atoms with Gasteiger partial charge in [0.15, 0.2) is 0 Å². The normalized spacial score (nSPS) is 18.7. The molecule has 0 radical (unpaired) electrons. The molecule has 6 heteroatoms. The largest absolute Gasteiger partial charge is 0.352 e. The maximum atomic E-state index is 10.8. The van der Waals surface area contributed by atoms with Gasteiger partial charge in [0.25, 0.3) is 0 Å². The van der Waals surface area contributed by atoms with Gasteiger partial charge in [-0.2, -0.15) is 5.10 Å². The van der Waals surface area contributed by atoms with Crippen LogP contribution in [0.25, 0.3) is 5.69 Å². The van der Waals surface area contributed by atoms with Crippen molar-refractivity contribution in [3.63, 3.8) is 0 Å². The van der Waals surface area contributed by atoms with E-state index in [4.69, 9.17) is 5.73 Å². The zero-order valence-electron chi connectivity index (χ0n) is 13.2. The van der Waals surface area contributed by atoms with Gasteiger partial charge in [0, 0.05) is 32.0 Å². The van der Waals surface area contributed by atoms with Crippen LogP contribution in [-0.2, 0) is 6.54 Å². The molecule has 2 heterocycles. The summed E-state index contributed by atoms with van der Waals surface area (Å²) in [6, 6.07) is 9.99. The lowest BCUT2D eigenvalue weighted by molar-refractivity contribution is 0.165. The van der Waals surface area contributed by atoms with Gasteiger partial charge in [-0.15, -0.1) is 0 Å². The SMILES string of the molecule is NC(=O)NC[C@H]1CCCN(Cc2ccc(-n3cccn3)cc2)C1. The quantitative estimate of drug-likeness (QED) is 0.883. The molecular weight excluding hydrogens is 290 g/mol. The summed E-state index contributed by atoms with van der Waals surface area (Å²) in [5.74, 6) is 0.486. The fraction of sp³-hybridized carbons (Fsp3) is 0.412. The Labute approximate surface area is 136 Å². The molecule has 1 aromatic heterocycles. The fourth-order valence-electron chi connectivity index (χ4n) is 3.14. The van der Waals surface area contributed by atoms with Crippen molar-refractivity contribution in [2.24, 2.45) is 11.7 Å². The summed E-state index contributed by atoms with van der Waals surface area (Å²) in [6.45, 7) is 3.71. The second kappa shape index (κ2) is 7.28. The van der Waals surface area contributed by atoms with Gasteiger partial charge in [0.1, 0.15) is 0 Å². The van der Waals surface area contributed by atoms with Crippen LogP contribution in [0.5, 0.6) is 0 Å². The maximum Gasteiger partial charge on any atom is 0.312 e. The molecule has 122 valence electrons. The number of piperidine rings is 1. The van der Waals surface area contributed by atoms with Gasteiger partial charge in [-0.3, -0.25) is 4.90 Å². The van der Waals surface area contributed by atoms with Crippen LogP contribution in [-0.4, -0.2) is 40.3 Å². The van der Waals surface area contributed by atoms with E-state index in [0.717, 1.165) is 38.2 Å². The van der Waals surface area contributed by atoms with Gasteiger partial charge < -0.3 is 11.1 Å². The minimum atomic E-state index is -0.434. The number of nitrogens with two attached hydrogens (primary N) is 1. The van der Waals surface area contributed by atoms with Gasteiger partial charge in [0.2, 0.25) is 0 Å². The molecule has 2 aromatic rings. The van der Waals surface area contributed by atoms with Crippen LogP contribution in [0.15, 0.2) is 42.7 Å². The molecule has 1 saturated heterocycles. The standard InChI is InChI=1S/C17H23N5O/c18-17(23)19-11-15-3-1-9-21(13-15)12-14-4-6-16(7-5-14)22-10-2-8-20-22/h2,4-8,10,15H,1,3,9,11-13H2,(H3,18,19,23)/t15-/m1/s1. The molecule has 1 fully saturated rings. The Balaban J connectivity index is 1.55. The van der Waals surface area contributed by atoms with E-state index in [1.54, 1.807) is 6.20 Å². The lowest BCUT2D eigenvalue weighted by Crippen LogP contribution is -2.41. The van der Waals surface area contributed by atoms with Crippen LogP contribution >= 0.6 is 0 Å². The second-order valence-electron chi connectivity index (χ2n) is 6.11. The van der Waals surface area contributed by atoms with E-state index in [-0.39, 0.29) is 0 Å². The van der Waals surface area contributed by atoms with E-state index in [0.29, 0.717) is 12.5 Å². The Bertz CT molecular complexity index is 623. The van der Waals surface area contributed by atoms with Gasteiger partial charge in [-0.25, -0.2) is 9.48 Å². The molecule has 0 aliphatic carbocycles. The number of benzene rings is 1. The third-order valence-electron chi connectivity index (χ3n) is 4.28. The number of likely N-dealkylation sites (tertiary alicyclic amines) is 1. The number of aromatic nitrogens is 2. The minimum Gasteiger partial charge on any atom is -0.352 e. The van der Waals surface area contributed by atoms with Crippen LogP contribution in [0.4, 0.5) is 4.79 Å². The van der Waals surface area contributed by atoms with Gasteiger partial charge in [0.05, 0.1) is 5.69 Å². The second-order valence-corrected chi connectivity index (χ2v) is 6.11. The minimum absolute atomic E-state index is 0.434. The predicted molar refractivity (Wildman–Crippen MR) is 89.2 cm³/mol. The van der Waals surface area contributed by atoms with Crippen LogP contribution in [0.1, 0.15) is 18.4 Å². The number of urea groups is 1. The highest BCUT2D eigenvalue weighted by molar-refractivity contribution is 5.71. The van der Waals surface area contributed by atoms with Gasteiger partial charge >= 0.3 is 6.03 Å². The van der Waals surface area contributed by atoms with E-state index >= 15 is 0 Å². The summed E-state index contributed by atoms with van der Waals surface area (Å²) in [5, 5.41) is 6.96. The first-order valence-electron chi connectivity index (χ1n) is 8.05. The lowest BCUT2D eigenvalue weighted by Gasteiger charge is -2.32. The van der Waals surface area contributed by atoms with Crippen molar-refractivity contribution < 1.29 is 4.79 Å². The molecule has 1 aliphatic rings. The van der Waals surface area contributed by atoms with E-state index in [2.05, 4.69) is 39.6 Å². The number of nitrogens with one attached hydrogen (secondary N) is 1. The number of hydrogen-bond donors (Lipinski definition) is 2. The summed E-state index contributed by atoms with van der Waals surface area (Å²) in [6.07, 6.45) is 6.03. The van der Waals surface area contributed by atoms with Crippen LogP contribution in [0.2, 0.25) is 0 Å². The zero-order valence-corrected chi connectivity index (χ0v) is 13.2.